The summed E-state index contributed by atoms with van der Waals surface area (Å²) in [5.74, 6) is 0.933. The third-order valence-electron chi connectivity index (χ3n) is 4.70. The van der Waals surface area contributed by atoms with Gasteiger partial charge in [-0.1, -0.05) is 15.9 Å². The van der Waals surface area contributed by atoms with Crippen molar-refractivity contribution in [2.24, 2.45) is 0 Å². The highest BCUT2D eigenvalue weighted by molar-refractivity contribution is 9.09. The van der Waals surface area contributed by atoms with Gasteiger partial charge in [-0.3, -0.25) is 4.79 Å². The van der Waals surface area contributed by atoms with Crippen LogP contribution >= 0.6 is 15.9 Å². The van der Waals surface area contributed by atoms with Crippen LogP contribution in [0.25, 0.3) is 0 Å². The molecule has 0 aliphatic carbocycles. The number of rotatable bonds is 4. The topological polar surface area (TPSA) is 38.8 Å². The molecule has 0 radical (unpaired) electrons. The van der Waals surface area contributed by atoms with Gasteiger partial charge in [0.25, 0.3) is 0 Å². The van der Waals surface area contributed by atoms with E-state index in [4.69, 9.17) is 9.47 Å². The van der Waals surface area contributed by atoms with E-state index in [1.807, 2.05) is 32.2 Å². The van der Waals surface area contributed by atoms with Crippen molar-refractivity contribution in [2.75, 3.05) is 23.9 Å². The molecule has 1 saturated heterocycles. The van der Waals surface area contributed by atoms with Crippen molar-refractivity contribution in [3.05, 3.63) is 23.8 Å². The number of halogens is 1. The number of ether oxygens (including phenoxy) is 2. The molecular weight excluding hydrogens is 346 g/mol. The highest BCUT2D eigenvalue weighted by atomic mass is 79.9. The molecule has 5 heteroatoms. The Morgan fingerprint density at radius 2 is 2.27 bits per heavy atom. The zero-order chi connectivity index (χ0) is 15.7. The zero-order valence-corrected chi connectivity index (χ0v) is 14.7. The Labute approximate surface area is 139 Å². The third-order valence-corrected chi connectivity index (χ3v) is 5.10. The summed E-state index contributed by atoms with van der Waals surface area (Å²) in [7, 11) is 1.84. The summed E-state index contributed by atoms with van der Waals surface area (Å²) in [5.41, 5.74) is 1.54. The molecule has 22 heavy (non-hydrogen) atoms. The number of amides is 1. The fraction of sp³-hybridized carbons (Fsp3) is 0.588. The molecule has 2 aliphatic rings. The summed E-state index contributed by atoms with van der Waals surface area (Å²) in [4.78, 5) is 14.4. The van der Waals surface area contributed by atoms with Crippen LogP contribution in [0.3, 0.4) is 0 Å². The van der Waals surface area contributed by atoms with Crippen molar-refractivity contribution in [1.29, 1.82) is 0 Å². The van der Waals surface area contributed by atoms with Gasteiger partial charge < -0.3 is 14.4 Å². The Morgan fingerprint density at radius 3 is 2.95 bits per heavy atom. The number of hydrogen-bond donors (Lipinski definition) is 0. The van der Waals surface area contributed by atoms with Crippen LogP contribution in [0.5, 0.6) is 5.75 Å². The maximum absolute atomic E-state index is 12.6. The second kappa shape index (κ2) is 6.20. The Kier molecular flexibility index (Phi) is 4.46. The van der Waals surface area contributed by atoms with Crippen LogP contribution in [0.1, 0.15) is 38.2 Å². The van der Waals surface area contributed by atoms with E-state index in [9.17, 15) is 4.79 Å². The molecule has 0 spiro atoms. The molecule has 0 bridgehead atoms. The van der Waals surface area contributed by atoms with Gasteiger partial charge >= 0.3 is 0 Å². The summed E-state index contributed by atoms with van der Waals surface area (Å²) in [6.07, 6.45) is 3.77. The minimum atomic E-state index is -0.486. The number of carbonyl (C=O) groups excluding carboxylic acids is 1. The van der Waals surface area contributed by atoms with Crippen molar-refractivity contribution in [2.45, 2.75) is 44.3 Å². The van der Waals surface area contributed by atoms with Crippen LogP contribution in [-0.4, -0.2) is 31.2 Å². The van der Waals surface area contributed by atoms with E-state index in [-0.39, 0.29) is 12.2 Å². The number of carbonyl (C=O) groups is 1. The molecule has 120 valence electrons. The lowest BCUT2D eigenvalue weighted by molar-refractivity contribution is -0.122. The van der Waals surface area contributed by atoms with Gasteiger partial charge in [-0.05, 0) is 49.9 Å². The van der Waals surface area contributed by atoms with Gasteiger partial charge in [-0.15, -0.1) is 0 Å². The van der Waals surface area contributed by atoms with E-state index in [0.29, 0.717) is 0 Å². The van der Waals surface area contributed by atoms with Gasteiger partial charge in [0.1, 0.15) is 5.75 Å². The Bertz CT molecular complexity index is 571. The van der Waals surface area contributed by atoms with E-state index in [2.05, 4.69) is 15.9 Å². The Morgan fingerprint density at radius 1 is 1.45 bits per heavy atom. The lowest BCUT2D eigenvalue weighted by Gasteiger charge is -2.25. The molecular formula is C17H22BrNO3. The van der Waals surface area contributed by atoms with Crippen LogP contribution in [0, 0.1) is 0 Å². The largest absolute Gasteiger partial charge is 0.465 e. The summed E-state index contributed by atoms with van der Waals surface area (Å²) in [6.45, 7) is 2.78. The first-order chi connectivity index (χ1) is 10.6. The average molecular weight is 368 g/mol. The number of likely N-dealkylation sites (N-methyl/N-ethyl adjacent to an activating group) is 1. The Hall–Kier alpha value is -1.07. The third kappa shape index (κ3) is 2.65. The lowest BCUT2D eigenvalue weighted by Crippen LogP contribution is -2.36. The first-order valence-electron chi connectivity index (χ1n) is 7.83. The van der Waals surface area contributed by atoms with E-state index >= 15 is 0 Å². The molecule has 1 aromatic carbocycles. The first-order valence-corrected chi connectivity index (χ1v) is 8.95. The predicted octanol–water partition coefficient (Wildman–Crippen LogP) is 3.61. The van der Waals surface area contributed by atoms with Crippen molar-refractivity contribution in [3.8, 4) is 5.75 Å². The normalized spacial score (nSPS) is 27.9. The monoisotopic (exact) mass is 367 g/mol. The van der Waals surface area contributed by atoms with Gasteiger partial charge in [0.15, 0.2) is 6.29 Å². The quantitative estimate of drug-likeness (QED) is 0.763. The molecule has 0 N–H and O–H groups in total. The van der Waals surface area contributed by atoms with Crippen LogP contribution in [0.15, 0.2) is 18.2 Å². The van der Waals surface area contributed by atoms with Gasteiger partial charge in [0, 0.05) is 24.5 Å². The van der Waals surface area contributed by atoms with Crippen molar-refractivity contribution in [3.63, 3.8) is 0 Å². The average Bonchev–Trinajstić information content (AvgIpc) is 2.71. The zero-order valence-electron chi connectivity index (χ0n) is 13.1. The van der Waals surface area contributed by atoms with Crippen molar-refractivity contribution in [1.82, 2.24) is 0 Å². The molecule has 0 aromatic heterocycles. The SMILES string of the molecule is CN1C(=O)C(C)(CCBr)c2cc(OC3CCCCO3)ccc21. The van der Waals surface area contributed by atoms with E-state index in [1.54, 1.807) is 4.90 Å². The van der Waals surface area contributed by atoms with Gasteiger partial charge in [0.2, 0.25) is 5.91 Å². The van der Waals surface area contributed by atoms with Crippen molar-refractivity contribution >= 4 is 27.5 Å². The minimum Gasteiger partial charge on any atom is -0.465 e. The molecule has 2 unspecified atom stereocenters. The molecule has 2 aliphatic heterocycles. The molecule has 0 saturated carbocycles. The van der Waals surface area contributed by atoms with Crippen LogP contribution in [0.2, 0.25) is 0 Å². The van der Waals surface area contributed by atoms with Crippen molar-refractivity contribution < 1.29 is 14.3 Å². The number of alkyl halides is 1. The first kappa shape index (κ1) is 15.8. The molecule has 1 amide bonds. The fourth-order valence-electron chi connectivity index (χ4n) is 3.30. The highest BCUT2D eigenvalue weighted by Crippen LogP contribution is 2.45. The second-order valence-corrected chi connectivity index (χ2v) is 7.02. The summed E-state index contributed by atoms with van der Waals surface area (Å²) in [6, 6.07) is 5.92. The van der Waals surface area contributed by atoms with Crippen LogP contribution in [0.4, 0.5) is 5.69 Å². The van der Waals surface area contributed by atoms with E-state index < -0.39 is 5.41 Å². The second-order valence-electron chi connectivity index (χ2n) is 6.23. The molecule has 2 heterocycles. The standard InChI is InChI=1S/C17H22BrNO3/c1-17(8-9-18)13-11-12(22-15-5-3-4-10-21-15)6-7-14(13)19(2)16(17)20/h6-7,11,15H,3-5,8-10H2,1-2H3. The number of hydrogen-bond acceptors (Lipinski definition) is 3. The molecule has 2 atom stereocenters. The predicted molar refractivity (Wildman–Crippen MR) is 89.8 cm³/mol. The molecule has 1 aromatic rings. The molecule has 3 rings (SSSR count). The van der Waals surface area contributed by atoms with E-state index in [1.165, 1.54) is 0 Å². The summed E-state index contributed by atoms with van der Waals surface area (Å²) >= 11 is 3.47. The number of nitrogens with zero attached hydrogens (tertiary/aromatic N) is 1. The lowest BCUT2D eigenvalue weighted by atomic mass is 9.81. The maximum atomic E-state index is 12.6. The smallest absolute Gasteiger partial charge is 0.237 e. The fourth-order valence-corrected chi connectivity index (χ4v) is 4.10. The number of anilines is 1. The van der Waals surface area contributed by atoms with Crippen LogP contribution in [-0.2, 0) is 14.9 Å². The van der Waals surface area contributed by atoms with Gasteiger partial charge in [-0.2, -0.15) is 0 Å². The maximum Gasteiger partial charge on any atom is 0.237 e. The molecule has 1 fully saturated rings. The minimum absolute atomic E-state index is 0.146. The summed E-state index contributed by atoms with van der Waals surface area (Å²) in [5, 5.41) is 0.791. The number of benzene rings is 1. The Balaban J connectivity index is 1.88. The molecule has 4 nitrogen and oxygen atoms in total. The van der Waals surface area contributed by atoms with Gasteiger partial charge in [0.05, 0.1) is 12.0 Å². The highest BCUT2D eigenvalue weighted by Gasteiger charge is 2.45. The van der Waals surface area contributed by atoms with Gasteiger partial charge in [-0.25, -0.2) is 0 Å². The van der Waals surface area contributed by atoms with E-state index in [0.717, 1.165) is 54.6 Å². The van der Waals surface area contributed by atoms with Crippen LogP contribution < -0.4 is 9.64 Å². The summed E-state index contributed by atoms with van der Waals surface area (Å²) < 4.78 is 11.6. The number of fused-ring (bicyclic) bond motifs is 1.